The monoisotopic (exact) mass is 330 g/mol. The van der Waals surface area contributed by atoms with Crippen LogP contribution in [0.3, 0.4) is 0 Å². The van der Waals surface area contributed by atoms with Crippen LogP contribution in [0.5, 0.6) is 0 Å². The lowest BCUT2D eigenvalue weighted by Crippen LogP contribution is -2.15. The molecule has 0 unspecified atom stereocenters. The van der Waals surface area contributed by atoms with E-state index in [-0.39, 0.29) is 10.9 Å². The van der Waals surface area contributed by atoms with Crippen molar-refractivity contribution in [2.75, 3.05) is 15.2 Å². The zero-order chi connectivity index (χ0) is 15.5. The van der Waals surface area contributed by atoms with Gasteiger partial charge in [-0.1, -0.05) is 0 Å². The summed E-state index contributed by atoms with van der Waals surface area (Å²) in [5, 5.41) is -0.196. The standard InChI is InChI=1S/C11H14N4O4S2/c1-2-20(16,17)14-9-3-5-10(6-4-9)15-21(18,19)11-12-7-8-13-11/h3-8,14-15H,2H2,1H3,(H,12,13). The molecular formula is C11H14N4O4S2. The van der Waals surface area contributed by atoms with Crippen molar-refractivity contribution in [3.63, 3.8) is 0 Å². The first-order valence-electron chi connectivity index (χ1n) is 5.95. The number of nitrogens with zero attached hydrogens (tertiary/aromatic N) is 1. The summed E-state index contributed by atoms with van der Waals surface area (Å²) in [6.45, 7) is 1.52. The second kappa shape index (κ2) is 5.74. The number of rotatable bonds is 6. The Balaban J connectivity index is 2.14. The maximum absolute atomic E-state index is 11.9. The third kappa shape index (κ3) is 3.95. The average molecular weight is 330 g/mol. The quantitative estimate of drug-likeness (QED) is 0.729. The Morgan fingerprint density at radius 1 is 1.05 bits per heavy atom. The number of hydrogen-bond acceptors (Lipinski definition) is 5. The Labute approximate surface area is 122 Å². The van der Waals surface area contributed by atoms with E-state index in [2.05, 4.69) is 19.4 Å². The van der Waals surface area contributed by atoms with Crippen molar-refractivity contribution in [3.8, 4) is 0 Å². The molecule has 21 heavy (non-hydrogen) atoms. The van der Waals surface area contributed by atoms with Crippen LogP contribution >= 0.6 is 0 Å². The predicted molar refractivity (Wildman–Crippen MR) is 78.9 cm³/mol. The van der Waals surface area contributed by atoms with Crippen LogP contribution in [0.25, 0.3) is 0 Å². The van der Waals surface area contributed by atoms with E-state index >= 15 is 0 Å². The Bertz CT molecular complexity index is 796. The van der Waals surface area contributed by atoms with Gasteiger partial charge in [0.15, 0.2) is 0 Å². The summed E-state index contributed by atoms with van der Waals surface area (Å²) in [6, 6.07) is 5.84. The van der Waals surface area contributed by atoms with Crippen LogP contribution in [0.2, 0.25) is 0 Å². The number of hydrogen-bond donors (Lipinski definition) is 3. The topological polar surface area (TPSA) is 121 Å². The van der Waals surface area contributed by atoms with Gasteiger partial charge in [0, 0.05) is 23.8 Å². The Hall–Kier alpha value is -2.07. The van der Waals surface area contributed by atoms with Gasteiger partial charge in [-0.05, 0) is 31.2 Å². The minimum Gasteiger partial charge on any atom is -0.334 e. The number of H-pyrrole nitrogens is 1. The van der Waals surface area contributed by atoms with E-state index in [1.165, 1.54) is 43.6 Å². The van der Waals surface area contributed by atoms with Crippen LogP contribution in [-0.4, -0.2) is 32.6 Å². The molecule has 10 heteroatoms. The molecule has 2 aromatic rings. The maximum atomic E-state index is 11.9. The van der Waals surface area contributed by atoms with Crippen molar-refractivity contribution in [2.24, 2.45) is 0 Å². The summed E-state index contributed by atoms with van der Waals surface area (Å²) in [5.41, 5.74) is 0.656. The molecule has 1 heterocycles. The lowest BCUT2D eigenvalue weighted by molar-refractivity contribution is 0.594. The molecular weight excluding hydrogens is 316 g/mol. The SMILES string of the molecule is CCS(=O)(=O)Nc1ccc(NS(=O)(=O)c2ncc[nH]2)cc1. The third-order valence-electron chi connectivity index (χ3n) is 2.52. The van der Waals surface area contributed by atoms with Crippen molar-refractivity contribution in [2.45, 2.75) is 12.1 Å². The molecule has 0 amide bonds. The van der Waals surface area contributed by atoms with Gasteiger partial charge in [-0.25, -0.2) is 13.4 Å². The second-order valence-corrected chi connectivity index (χ2v) is 7.69. The average Bonchev–Trinajstić information content (AvgIpc) is 2.95. The lowest BCUT2D eigenvalue weighted by Gasteiger charge is -2.08. The van der Waals surface area contributed by atoms with Crippen LogP contribution in [0.4, 0.5) is 11.4 Å². The minimum absolute atomic E-state index is 0.0418. The van der Waals surface area contributed by atoms with Gasteiger partial charge in [0.25, 0.3) is 10.0 Å². The molecule has 0 aliphatic heterocycles. The second-order valence-electron chi connectivity index (χ2n) is 4.08. The highest BCUT2D eigenvalue weighted by Crippen LogP contribution is 2.17. The minimum atomic E-state index is -3.78. The van der Waals surface area contributed by atoms with Crippen molar-refractivity contribution < 1.29 is 16.8 Å². The molecule has 3 N–H and O–H groups in total. The molecule has 0 spiro atoms. The fourth-order valence-electron chi connectivity index (χ4n) is 1.46. The summed E-state index contributed by atoms with van der Waals surface area (Å²) in [7, 11) is -7.14. The highest BCUT2D eigenvalue weighted by molar-refractivity contribution is 7.92. The number of benzene rings is 1. The molecule has 0 saturated carbocycles. The molecule has 114 valence electrons. The first kappa shape index (κ1) is 15.3. The zero-order valence-electron chi connectivity index (χ0n) is 11.1. The summed E-state index contributed by atoms with van der Waals surface area (Å²) in [5.74, 6) is -0.0418. The summed E-state index contributed by atoms with van der Waals surface area (Å²) >= 11 is 0. The van der Waals surface area contributed by atoms with E-state index in [4.69, 9.17) is 0 Å². The van der Waals surface area contributed by atoms with E-state index in [1.807, 2.05) is 0 Å². The summed E-state index contributed by atoms with van der Waals surface area (Å²) < 4.78 is 51.3. The van der Waals surface area contributed by atoms with Gasteiger partial charge >= 0.3 is 0 Å². The Morgan fingerprint density at radius 3 is 2.10 bits per heavy atom. The first-order chi connectivity index (χ1) is 9.82. The Kier molecular flexibility index (Phi) is 4.19. The van der Waals surface area contributed by atoms with Gasteiger partial charge < -0.3 is 4.98 Å². The van der Waals surface area contributed by atoms with Crippen molar-refractivity contribution in [1.82, 2.24) is 9.97 Å². The van der Waals surface area contributed by atoms with Crippen LogP contribution in [0.1, 0.15) is 6.92 Å². The van der Waals surface area contributed by atoms with Crippen molar-refractivity contribution in [1.29, 1.82) is 0 Å². The van der Waals surface area contributed by atoms with Gasteiger partial charge in [-0.2, -0.15) is 8.42 Å². The highest BCUT2D eigenvalue weighted by Gasteiger charge is 2.16. The Morgan fingerprint density at radius 2 is 1.62 bits per heavy atom. The number of imidazole rings is 1. The van der Waals surface area contributed by atoms with Crippen molar-refractivity contribution in [3.05, 3.63) is 36.7 Å². The molecule has 0 aliphatic carbocycles. The van der Waals surface area contributed by atoms with Crippen LogP contribution in [0.15, 0.2) is 41.8 Å². The molecule has 1 aromatic carbocycles. The molecule has 0 radical (unpaired) electrons. The van der Waals surface area contributed by atoms with Gasteiger partial charge in [-0.3, -0.25) is 9.44 Å². The first-order valence-corrected chi connectivity index (χ1v) is 9.09. The fourth-order valence-corrected chi connectivity index (χ4v) is 3.06. The maximum Gasteiger partial charge on any atom is 0.295 e. The number of nitrogens with one attached hydrogen (secondary N) is 3. The summed E-state index contributed by atoms with van der Waals surface area (Å²) in [6.07, 6.45) is 2.73. The van der Waals surface area contributed by atoms with E-state index < -0.39 is 20.0 Å². The fraction of sp³-hybridized carbons (Fsp3) is 0.182. The molecule has 0 aliphatic rings. The van der Waals surface area contributed by atoms with E-state index in [1.54, 1.807) is 0 Å². The zero-order valence-corrected chi connectivity index (χ0v) is 12.7. The van der Waals surface area contributed by atoms with Crippen LogP contribution < -0.4 is 9.44 Å². The molecule has 0 bridgehead atoms. The number of anilines is 2. The van der Waals surface area contributed by atoms with Gasteiger partial charge in [-0.15, -0.1) is 0 Å². The third-order valence-corrected chi connectivity index (χ3v) is 5.06. The molecule has 1 aromatic heterocycles. The molecule has 2 rings (SSSR count). The van der Waals surface area contributed by atoms with Crippen LogP contribution in [-0.2, 0) is 20.0 Å². The van der Waals surface area contributed by atoms with E-state index in [0.29, 0.717) is 11.4 Å². The molecule has 8 nitrogen and oxygen atoms in total. The largest absolute Gasteiger partial charge is 0.334 e. The molecule has 0 saturated heterocycles. The van der Waals surface area contributed by atoms with Gasteiger partial charge in [0.05, 0.1) is 5.75 Å². The van der Waals surface area contributed by atoms with E-state index in [9.17, 15) is 16.8 Å². The highest BCUT2D eigenvalue weighted by atomic mass is 32.2. The van der Waals surface area contributed by atoms with E-state index in [0.717, 1.165) is 0 Å². The number of aromatic nitrogens is 2. The van der Waals surface area contributed by atoms with Gasteiger partial charge in [0.2, 0.25) is 15.2 Å². The lowest BCUT2D eigenvalue weighted by atomic mass is 10.3. The number of aromatic amines is 1. The van der Waals surface area contributed by atoms with Crippen molar-refractivity contribution >= 4 is 31.4 Å². The predicted octanol–water partition coefficient (Wildman–Crippen LogP) is 0.972. The summed E-state index contributed by atoms with van der Waals surface area (Å²) in [4.78, 5) is 6.16. The molecule has 0 atom stereocenters. The normalized spacial score (nSPS) is 12.0. The number of sulfonamides is 2. The smallest absolute Gasteiger partial charge is 0.295 e. The molecule has 0 fully saturated rings. The van der Waals surface area contributed by atoms with Crippen LogP contribution in [0, 0.1) is 0 Å². The van der Waals surface area contributed by atoms with Gasteiger partial charge in [0.1, 0.15) is 0 Å².